The zero-order chi connectivity index (χ0) is 13.0. The molecule has 2 atom stereocenters. The van der Waals surface area contributed by atoms with Gasteiger partial charge in [0.25, 0.3) is 0 Å². The highest BCUT2D eigenvalue weighted by atomic mass is 19.1. The Labute approximate surface area is 109 Å². The fourth-order valence-electron chi connectivity index (χ4n) is 2.45. The Kier molecular flexibility index (Phi) is 4.72. The van der Waals surface area contributed by atoms with Crippen LogP contribution in [0.5, 0.6) is 0 Å². The summed E-state index contributed by atoms with van der Waals surface area (Å²) in [6.07, 6.45) is 0.912. The molecule has 0 aromatic heterocycles. The lowest BCUT2D eigenvalue weighted by Gasteiger charge is -2.20. The van der Waals surface area contributed by atoms with Crippen LogP contribution in [-0.4, -0.2) is 19.7 Å². The van der Waals surface area contributed by atoms with Gasteiger partial charge in [0.1, 0.15) is 5.82 Å². The van der Waals surface area contributed by atoms with Gasteiger partial charge in [-0.25, -0.2) is 4.39 Å². The van der Waals surface area contributed by atoms with Crippen molar-refractivity contribution in [1.29, 1.82) is 0 Å². The van der Waals surface area contributed by atoms with E-state index >= 15 is 0 Å². The van der Waals surface area contributed by atoms with Crippen molar-refractivity contribution in [1.82, 2.24) is 5.32 Å². The van der Waals surface area contributed by atoms with Crippen LogP contribution in [0, 0.1) is 17.7 Å². The van der Waals surface area contributed by atoms with Crippen molar-refractivity contribution in [2.24, 2.45) is 11.8 Å². The highest BCUT2D eigenvalue weighted by molar-refractivity contribution is 5.21. The Morgan fingerprint density at radius 3 is 2.89 bits per heavy atom. The van der Waals surface area contributed by atoms with Gasteiger partial charge < -0.3 is 10.1 Å². The van der Waals surface area contributed by atoms with Gasteiger partial charge in [-0.1, -0.05) is 32.0 Å². The van der Waals surface area contributed by atoms with Gasteiger partial charge in [-0.15, -0.1) is 0 Å². The van der Waals surface area contributed by atoms with E-state index in [1.165, 1.54) is 6.07 Å². The number of hydrogen-bond acceptors (Lipinski definition) is 2. The third-order valence-corrected chi connectivity index (χ3v) is 3.39. The summed E-state index contributed by atoms with van der Waals surface area (Å²) in [6, 6.07) is 6.94. The molecule has 3 heteroatoms. The van der Waals surface area contributed by atoms with Gasteiger partial charge in [0.2, 0.25) is 0 Å². The normalized spacial score (nSPS) is 23.8. The van der Waals surface area contributed by atoms with Crippen LogP contribution in [0.3, 0.4) is 0 Å². The Hall–Kier alpha value is -0.930. The molecule has 1 N–H and O–H groups in total. The summed E-state index contributed by atoms with van der Waals surface area (Å²) in [5, 5.41) is 3.44. The number of rotatable bonds is 5. The maximum Gasteiger partial charge on any atom is 0.129 e. The predicted octanol–water partition coefficient (Wildman–Crippen LogP) is 3.15. The van der Waals surface area contributed by atoms with Crippen LogP contribution in [0.25, 0.3) is 0 Å². The standard InChI is InChI=1S/C15H22FNO/c1-11(2)9-17-10-12-7-8-18-15(12)13-5-3-4-6-14(13)16/h3-6,11-12,15,17H,7-10H2,1-2H3. The first kappa shape index (κ1) is 13.5. The maximum absolute atomic E-state index is 13.8. The summed E-state index contributed by atoms with van der Waals surface area (Å²) in [7, 11) is 0. The molecular weight excluding hydrogens is 229 g/mol. The third kappa shape index (κ3) is 3.30. The molecule has 1 aromatic carbocycles. The average molecular weight is 251 g/mol. The minimum atomic E-state index is -0.154. The molecule has 1 heterocycles. The molecular formula is C15H22FNO. The minimum absolute atomic E-state index is 0.0918. The molecule has 100 valence electrons. The van der Waals surface area contributed by atoms with E-state index in [9.17, 15) is 4.39 Å². The van der Waals surface area contributed by atoms with Gasteiger partial charge in [0.05, 0.1) is 6.10 Å². The molecule has 1 fully saturated rings. The Bertz CT molecular complexity index is 381. The van der Waals surface area contributed by atoms with E-state index < -0.39 is 0 Å². The maximum atomic E-state index is 13.8. The lowest BCUT2D eigenvalue weighted by Crippen LogP contribution is -2.28. The van der Waals surface area contributed by atoms with Crippen molar-refractivity contribution >= 4 is 0 Å². The van der Waals surface area contributed by atoms with Crippen molar-refractivity contribution in [3.8, 4) is 0 Å². The van der Waals surface area contributed by atoms with Crippen molar-refractivity contribution < 1.29 is 9.13 Å². The van der Waals surface area contributed by atoms with Crippen LogP contribution in [0.1, 0.15) is 31.9 Å². The highest BCUT2D eigenvalue weighted by Gasteiger charge is 2.30. The van der Waals surface area contributed by atoms with Crippen LogP contribution in [-0.2, 0) is 4.74 Å². The SMILES string of the molecule is CC(C)CNCC1CCOC1c1ccccc1F. The number of nitrogens with one attached hydrogen (secondary N) is 1. The first-order valence-electron chi connectivity index (χ1n) is 6.75. The summed E-state index contributed by atoms with van der Waals surface area (Å²) >= 11 is 0. The average Bonchev–Trinajstić information content (AvgIpc) is 2.77. The van der Waals surface area contributed by atoms with Gasteiger partial charge in [-0.3, -0.25) is 0 Å². The molecule has 1 aliphatic rings. The number of halogens is 1. The molecule has 2 rings (SSSR count). The van der Waals surface area contributed by atoms with Crippen molar-refractivity contribution in [3.05, 3.63) is 35.6 Å². The van der Waals surface area contributed by atoms with Crippen molar-refractivity contribution in [2.45, 2.75) is 26.4 Å². The zero-order valence-corrected chi connectivity index (χ0v) is 11.2. The zero-order valence-electron chi connectivity index (χ0n) is 11.2. The Morgan fingerprint density at radius 1 is 1.39 bits per heavy atom. The van der Waals surface area contributed by atoms with Crippen LogP contribution in [0.4, 0.5) is 4.39 Å². The van der Waals surface area contributed by atoms with Gasteiger partial charge in [0, 0.05) is 24.6 Å². The third-order valence-electron chi connectivity index (χ3n) is 3.39. The summed E-state index contributed by atoms with van der Waals surface area (Å²) in [4.78, 5) is 0. The number of benzene rings is 1. The van der Waals surface area contributed by atoms with Gasteiger partial charge in [-0.2, -0.15) is 0 Å². The van der Waals surface area contributed by atoms with E-state index in [2.05, 4.69) is 19.2 Å². The Morgan fingerprint density at radius 2 is 2.17 bits per heavy atom. The van der Waals surface area contributed by atoms with Gasteiger partial charge in [-0.05, 0) is 24.9 Å². The summed E-state index contributed by atoms with van der Waals surface area (Å²) < 4.78 is 19.5. The molecule has 2 unspecified atom stereocenters. The van der Waals surface area contributed by atoms with Crippen LogP contribution in [0.15, 0.2) is 24.3 Å². The summed E-state index contributed by atoms with van der Waals surface area (Å²) in [5.41, 5.74) is 0.700. The van der Waals surface area contributed by atoms with E-state index in [1.54, 1.807) is 6.07 Å². The summed E-state index contributed by atoms with van der Waals surface area (Å²) in [6.45, 7) is 7.00. The van der Waals surface area contributed by atoms with Crippen LogP contribution < -0.4 is 5.32 Å². The van der Waals surface area contributed by atoms with E-state index in [1.807, 2.05) is 12.1 Å². The first-order chi connectivity index (χ1) is 8.68. The van der Waals surface area contributed by atoms with Crippen molar-refractivity contribution in [3.63, 3.8) is 0 Å². The molecule has 2 nitrogen and oxygen atoms in total. The Balaban J connectivity index is 1.97. The minimum Gasteiger partial charge on any atom is -0.373 e. The second kappa shape index (κ2) is 6.30. The monoisotopic (exact) mass is 251 g/mol. The molecule has 1 saturated heterocycles. The predicted molar refractivity (Wildman–Crippen MR) is 70.9 cm³/mol. The molecule has 1 aliphatic heterocycles. The molecule has 0 bridgehead atoms. The fourth-order valence-corrected chi connectivity index (χ4v) is 2.45. The van der Waals surface area contributed by atoms with E-state index in [0.717, 1.165) is 26.1 Å². The lowest BCUT2D eigenvalue weighted by atomic mass is 9.95. The highest BCUT2D eigenvalue weighted by Crippen LogP contribution is 2.35. The molecule has 0 aliphatic carbocycles. The van der Waals surface area contributed by atoms with E-state index in [-0.39, 0.29) is 11.9 Å². The topological polar surface area (TPSA) is 21.3 Å². The molecule has 0 radical (unpaired) electrons. The smallest absolute Gasteiger partial charge is 0.129 e. The molecule has 0 spiro atoms. The molecule has 0 saturated carbocycles. The molecule has 0 amide bonds. The second-order valence-electron chi connectivity index (χ2n) is 5.41. The fraction of sp³-hybridized carbons (Fsp3) is 0.600. The lowest BCUT2D eigenvalue weighted by molar-refractivity contribution is 0.0873. The molecule has 18 heavy (non-hydrogen) atoms. The second-order valence-corrected chi connectivity index (χ2v) is 5.41. The van der Waals surface area contributed by atoms with E-state index in [4.69, 9.17) is 4.74 Å². The number of hydrogen-bond donors (Lipinski definition) is 1. The van der Waals surface area contributed by atoms with Crippen LogP contribution in [0.2, 0.25) is 0 Å². The largest absolute Gasteiger partial charge is 0.373 e. The van der Waals surface area contributed by atoms with Gasteiger partial charge in [0.15, 0.2) is 0 Å². The molecule has 1 aromatic rings. The van der Waals surface area contributed by atoms with Gasteiger partial charge >= 0.3 is 0 Å². The van der Waals surface area contributed by atoms with E-state index in [0.29, 0.717) is 17.4 Å². The number of ether oxygens (including phenoxy) is 1. The quantitative estimate of drug-likeness (QED) is 0.868. The first-order valence-corrected chi connectivity index (χ1v) is 6.75. The van der Waals surface area contributed by atoms with Crippen molar-refractivity contribution in [2.75, 3.05) is 19.7 Å². The van der Waals surface area contributed by atoms with Crippen LogP contribution >= 0.6 is 0 Å². The summed E-state index contributed by atoms with van der Waals surface area (Å²) in [5.74, 6) is 0.859.